The molecule has 5 aliphatic rings. The molecule has 4 aliphatic heterocycles. The van der Waals surface area contributed by atoms with E-state index in [0.29, 0.717) is 37.0 Å². The van der Waals surface area contributed by atoms with E-state index in [1.807, 2.05) is 6.07 Å². The molecule has 2 aromatic carbocycles. The number of aromatic nitrogens is 1. The summed E-state index contributed by atoms with van der Waals surface area (Å²) in [6.07, 6.45) is 9.88. The average Bonchev–Trinajstić information content (AvgIpc) is 3.73. The Bertz CT molecular complexity index is 1790. The van der Waals surface area contributed by atoms with Crippen molar-refractivity contribution in [2.45, 2.75) is 81.8 Å². The van der Waals surface area contributed by atoms with Crippen LogP contribution in [0.4, 0.5) is 10.1 Å². The van der Waals surface area contributed by atoms with E-state index in [1.54, 1.807) is 4.90 Å². The summed E-state index contributed by atoms with van der Waals surface area (Å²) < 4.78 is 20.6. The molecule has 1 aliphatic carbocycles. The predicted molar refractivity (Wildman–Crippen MR) is 178 cm³/mol. The topological polar surface area (TPSA) is 72.7 Å². The highest BCUT2D eigenvalue weighted by molar-refractivity contribution is 6.34. The highest BCUT2D eigenvalue weighted by atomic mass is 35.5. The Morgan fingerprint density at radius 1 is 1.11 bits per heavy atom. The lowest BCUT2D eigenvalue weighted by Gasteiger charge is -2.49. The molecular weight excluding hydrogens is 601 g/mol. The van der Waals surface area contributed by atoms with Crippen molar-refractivity contribution in [3.05, 3.63) is 64.5 Å². The van der Waals surface area contributed by atoms with E-state index in [4.69, 9.17) is 21.3 Å². The molecule has 3 aromatic rings. The summed E-state index contributed by atoms with van der Waals surface area (Å²) in [6, 6.07) is 12.9. The van der Waals surface area contributed by atoms with E-state index >= 15 is 0 Å². The third-order valence-electron chi connectivity index (χ3n) is 11.4. The van der Waals surface area contributed by atoms with Crippen molar-refractivity contribution in [3.8, 4) is 23.1 Å². The molecule has 0 N–H and O–H groups in total. The Labute approximate surface area is 274 Å². The Hall–Kier alpha value is -3.67. The lowest BCUT2D eigenvalue weighted by atomic mass is 9.85. The van der Waals surface area contributed by atoms with Crippen LogP contribution in [0.15, 0.2) is 42.7 Å². The van der Waals surface area contributed by atoms with E-state index in [9.17, 15) is 14.4 Å². The molecule has 4 fully saturated rings. The number of amides is 1. The van der Waals surface area contributed by atoms with E-state index in [1.165, 1.54) is 36.8 Å². The Morgan fingerprint density at radius 2 is 1.91 bits per heavy atom. The van der Waals surface area contributed by atoms with Gasteiger partial charge in [0.05, 0.1) is 46.9 Å². The summed E-state index contributed by atoms with van der Waals surface area (Å²) in [4.78, 5) is 24.2. The van der Waals surface area contributed by atoms with Gasteiger partial charge >= 0.3 is 0 Å². The number of carbonyl (C=O) groups is 1. The first kappa shape index (κ1) is 29.7. The van der Waals surface area contributed by atoms with Crippen molar-refractivity contribution in [2.24, 2.45) is 0 Å². The van der Waals surface area contributed by atoms with Gasteiger partial charge in [0, 0.05) is 29.1 Å². The number of rotatable bonds is 7. The standard InChI is InChI=1S/C37H39ClFN5O2/c1-23(39)36(45)43-18-12-32-33(43)21-44(32)34-27(11-15-40)35(46-22-37-13-5-16-42(37)17-6-14-37)41-31-20-28(30(38)19-29(31)34)26-10-4-8-24-7-2-3-9-25(24)26/h4,8,10,19-20,32-33H,1-3,5-7,9,11-14,16-18,21-22H2/t32-,33-/m1/s1. The third kappa shape index (κ3) is 4.69. The first-order chi connectivity index (χ1) is 22.4. The van der Waals surface area contributed by atoms with E-state index < -0.39 is 11.7 Å². The maximum absolute atomic E-state index is 13.9. The summed E-state index contributed by atoms with van der Waals surface area (Å²) in [7, 11) is 0. The zero-order chi connectivity index (χ0) is 31.6. The van der Waals surface area contributed by atoms with Crippen LogP contribution in [0, 0.1) is 11.3 Å². The van der Waals surface area contributed by atoms with Gasteiger partial charge in [-0.1, -0.05) is 36.4 Å². The number of halogens is 2. The highest BCUT2D eigenvalue weighted by Crippen LogP contribution is 2.47. The minimum Gasteiger partial charge on any atom is -0.475 e. The number of fused-ring (bicyclic) bond motifs is 4. The van der Waals surface area contributed by atoms with Gasteiger partial charge in [0.15, 0.2) is 5.83 Å². The molecule has 5 heterocycles. The Kier molecular flexibility index (Phi) is 7.45. The first-order valence-electron chi connectivity index (χ1n) is 16.8. The van der Waals surface area contributed by atoms with Crippen LogP contribution in [0.5, 0.6) is 5.88 Å². The molecule has 0 bridgehead atoms. The molecule has 238 valence electrons. The minimum absolute atomic E-state index is 0.00228. The van der Waals surface area contributed by atoms with Gasteiger partial charge in [-0.25, -0.2) is 9.37 Å². The second-order valence-corrected chi connectivity index (χ2v) is 14.2. The molecule has 8 rings (SSSR count). The quantitative estimate of drug-likeness (QED) is 0.266. The van der Waals surface area contributed by atoms with Crippen LogP contribution in [0.1, 0.15) is 61.6 Å². The van der Waals surface area contributed by atoms with Crippen LogP contribution in [0.2, 0.25) is 5.02 Å². The van der Waals surface area contributed by atoms with E-state index in [-0.39, 0.29) is 24.0 Å². The zero-order valence-electron chi connectivity index (χ0n) is 26.2. The zero-order valence-corrected chi connectivity index (χ0v) is 26.9. The summed E-state index contributed by atoms with van der Waals surface area (Å²) in [5.41, 5.74) is 7.33. The van der Waals surface area contributed by atoms with Crippen molar-refractivity contribution in [2.75, 3.05) is 37.7 Å². The van der Waals surface area contributed by atoms with Gasteiger partial charge in [-0.05, 0) is 99.7 Å². The lowest BCUT2D eigenvalue weighted by molar-refractivity contribution is -0.130. The molecule has 9 heteroatoms. The van der Waals surface area contributed by atoms with Crippen molar-refractivity contribution < 1.29 is 13.9 Å². The van der Waals surface area contributed by atoms with Crippen LogP contribution in [0.3, 0.4) is 0 Å². The number of hydrogen-bond acceptors (Lipinski definition) is 6. The highest BCUT2D eigenvalue weighted by Gasteiger charge is 2.50. The molecule has 0 spiro atoms. The van der Waals surface area contributed by atoms with Crippen LogP contribution in [-0.4, -0.2) is 71.1 Å². The van der Waals surface area contributed by atoms with Gasteiger partial charge in [-0.2, -0.15) is 5.26 Å². The van der Waals surface area contributed by atoms with Gasteiger partial charge < -0.3 is 14.5 Å². The van der Waals surface area contributed by atoms with E-state index in [2.05, 4.69) is 46.7 Å². The van der Waals surface area contributed by atoms with Crippen LogP contribution < -0.4 is 9.64 Å². The second-order valence-electron chi connectivity index (χ2n) is 13.8. The van der Waals surface area contributed by atoms with Crippen LogP contribution >= 0.6 is 11.6 Å². The van der Waals surface area contributed by atoms with Gasteiger partial charge in [0.25, 0.3) is 5.91 Å². The maximum atomic E-state index is 13.9. The van der Waals surface area contributed by atoms with Gasteiger partial charge in [0.1, 0.15) is 6.61 Å². The van der Waals surface area contributed by atoms with Gasteiger partial charge in [-0.15, -0.1) is 0 Å². The number of anilines is 1. The summed E-state index contributed by atoms with van der Waals surface area (Å²) in [5, 5.41) is 11.6. The van der Waals surface area contributed by atoms with Crippen molar-refractivity contribution in [1.29, 1.82) is 5.26 Å². The fraction of sp³-hybridized carbons (Fsp3) is 0.486. The first-order valence-corrected chi connectivity index (χ1v) is 17.2. The number of aryl methyl sites for hydroxylation is 1. The molecule has 2 atom stereocenters. The lowest BCUT2D eigenvalue weighted by Crippen LogP contribution is -2.63. The molecule has 0 unspecified atom stereocenters. The molecular formula is C37H39ClFN5O2. The summed E-state index contributed by atoms with van der Waals surface area (Å²) >= 11 is 7.15. The van der Waals surface area contributed by atoms with Crippen molar-refractivity contribution in [3.63, 3.8) is 0 Å². The number of ether oxygens (including phenoxy) is 1. The summed E-state index contributed by atoms with van der Waals surface area (Å²) in [5.74, 6) is -1.06. The largest absolute Gasteiger partial charge is 0.475 e. The smallest absolute Gasteiger partial charge is 0.282 e. The monoisotopic (exact) mass is 639 g/mol. The van der Waals surface area contributed by atoms with Crippen LogP contribution in [-0.2, 0) is 24.1 Å². The number of hydrogen-bond donors (Lipinski definition) is 0. The normalized spacial score (nSPS) is 23.1. The van der Waals surface area contributed by atoms with Gasteiger partial charge in [0.2, 0.25) is 5.88 Å². The Morgan fingerprint density at radius 3 is 2.70 bits per heavy atom. The molecule has 1 amide bonds. The third-order valence-corrected chi connectivity index (χ3v) is 11.7. The van der Waals surface area contributed by atoms with E-state index in [0.717, 1.165) is 72.1 Å². The second kappa shape index (κ2) is 11.5. The molecule has 7 nitrogen and oxygen atoms in total. The number of pyridine rings is 1. The van der Waals surface area contributed by atoms with Crippen molar-refractivity contribution >= 4 is 34.1 Å². The maximum Gasteiger partial charge on any atom is 0.282 e. The molecule has 0 saturated carbocycles. The Balaban J connectivity index is 1.25. The molecule has 1 aromatic heterocycles. The molecule has 46 heavy (non-hydrogen) atoms. The van der Waals surface area contributed by atoms with Gasteiger partial charge in [-0.3, -0.25) is 9.69 Å². The number of likely N-dealkylation sites (tertiary alicyclic amines) is 1. The SMILES string of the molecule is C=C(F)C(=O)N1CC[C@@H]2[C@H]1CN2c1c(CC#N)c(OCC23CCCN2CCC3)nc2cc(-c3cccc4c3CCCC4)c(Cl)cc12. The summed E-state index contributed by atoms with van der Waals surface area (Å²) in [6.45, 7) is 7.00. The predicted octanol–water partition coefficient (Wildman–Crippen LogP) is 6.78. The minimum atomic E-state index is -0.927. The van der Waals surface area contributed by atoms with Crippen LogP contribution in [0.25, 0.3) is 22.0 Å². The van der Waals surface area contributed by atoms with Crippen molar-refractivity contribution in [1.82, 2.24) is 14.8 Å². The molecule has 4 saturated heterocycles. The number of benzene rings is 2. The number of carbonyl (C=O) groups excluding carboxylic acids is 1. The molecule has 0 radical (unpaired) electrons. The fourth-order valence-electron chi connectivity index (χ4n) is 9.16. The average molecular weight is 640 g/mol. The number of nitriles is 1. The number of nitrogens with zero attached hydrogens (tertiary/aromatic N) is 5. The fourth-order valence-corrected chi connectivity index (χ4v) is 9.42.